The van der Waals surface area contributed by atoms with Gasteiger partial charge in [0, 0.05) is 44.6 Å². The van der Waals surface area contributed by atoms with Crippen molar-refractivity contribution < 1.29 is 9.59 Å². The van der Waals surface area contributed by atoms with E-state index in [2.05, 4.69) is 14.9 Å². The van der Waals surface area contributed by atoms with Crippen LogP contribution in [0.15, 0.2) is 12.4 Å². The molecule has 1 N–H and O–H groups in total. The molecule has 0 radical (unpaired) electrons. The first-order valence-corrected chi connectivity index (χ1v) is 7.90. The number of piperazine rings is 1. The fraction of sp³-hybridized carbons (Fsp3) is 0.667. The molecule has 0 aromatic carbocycles. The summed E-state index contributed by atoms with van der Waals surface area (Å²) in [4.78, 5) is 32.1. The Morgan fingerprint density at radius 1 is 1.45 bits per heavy atom. The van der Waals surface area contributed by atoms with E-state index in [1.54, 1.807) is 6.20 Å². The molecule has 7 heteroatoms. The SMILES string of the molecule is Cc1nccn1CC1CCCN1C(=O)CN1CCNC(=O)C1. The van der Waals surface area contributed by atoms with Gasteiger partial charge >= 0.3 is 0 Å². The van der Waals surface area contributed by atoms with E-state index in [0.29, 0.717) is 19.6 Å². The highest BCUT2D eigenvalue weighted by molar-refractivity contribution is 5.82. The van der Waals surface area contributed by atoms with Gasteiger partial charge in [-0.15, -0.1) is 0 Å². The smallest absolute Gasteiger partial charge is 0.237 e. The van der Waals surface area contributed by atoms with Crippen LogP contribution in [0.3, 0.4) is 0 Å². The van der Waals surface area contributed by atoms with E-state index in [4.69, 9.17) is 0 Å². The molecule has 1 aromatic rings. The summed E-state index contributed by atoms with van der Waals surface area (Å²) in [6.45, 7) is 5.64. The summed E-state index contributed by atoms with van der Waals surface area (Å²) in [6, 6.07) is 0.235. The van der Waals surface area contributed by atoms with Gasteiger partial charge < -0.3 is 14.8 Å². The summed E-state index contributed by atoms with van der Waals surface area (Å²) in [6.07, 6.45) is 5.84. The summed E-state index contributed by atoms with van der Waals surface area (Å²) >= 11 is 0. The topological polar surface area (TPSA) is 70.5 Å². The molecule has 1 aromatic heterocycles. The Bertz CT molecular complexity index is 556. The molecule has 2 aliphatic rings. The average molecular weight is 305 g/mol. The Morgan fingerprint density at radius 3 is 3.05 bits per heavy atom. The molecule has 120 valence electrons. The van der Waals surface area contributed by atoms with Crippen LogP contribution in [0.2, 0.25) is 0 Å². The second-order valence-electron chi connectivity index (χ2n) is 6.07. The maximum absolute atomic E-state index is 12.6. The second kappa shape index (κ2) is 6.48. The predicted octanol–water partition coefficient (Wildman–Crippen LogP) is -0.386. The van der Waals surface area contributed by atoms with E-state index in [0.717, 1.165) is 38.3 Å². The van der Waals surface area contributed by atoms with Crippen molar-refractivity contribution in [2.45, 2.75) is 32.4 Å². The largest absolute Gasteiger partial charge is 0.354 e. The Labute approximate surface area is 130 Å². The molecule has 0 spiro atoms. The molecule has 0 bridgehead atoms. The lowest BCUT2D eigenvalue weighted by Gasteiger charge is -2.30. The molecular formula is C15H23N5O2. The number of aryl methyl sites for hydroxylation is 1. The number of likely N-dealkylation sites (tertiary alicyclic amines) is 1. The minimum Gasteiger partial charge on any atom is -0.354 e. The number of carbonyl (C=O) groups excluding carboxylic acids is 2. The van der Waals surface area contributed by atoms with Crippen molar-refractivity contribution in [3.05, 3.63) is 18.2 Å². The van der Waals surface area contributed by atoms with E-state index in [9.17, 15) is 9.59 Å². The lowest BCUT2D eigenvalue weighted by Crippen LogP contribution is -2.52. The van der Waals surface area contributed by atoms with Crippen LogP contribution in [0.25, 0.3) is 0 Å². The van der Waals surface area contributed by atoms with Crippen LogP contribution in [-0.4, -0.2) is 69.9 Å². The summed E-state index contributed by atoms with van der Waals surface area (Å²) in [7, 11) is 0. The molecule has 3 heterocycles. The van der Waals surface area contributed by atoms with E-state index >= 15 is 0 Å². The molecule has 0 aliphatic carbocycles. The van der Waals surface area contributed by atoms with Crippen LogP contribution in [0, 0.1) is 6.92 Å². The van der Waals surface area contributed by atoms with Crippen LogP contribution in [0.5, 0.6) is 0 Å². The zero-order valence-electron chi connectivity index (χ0n) is 13.0. The Balaban J connectivity index is 1.58. The summed E-state index contributed by atoms with van der Waals surface area (Å²) in [5.41, 5.74) is 0. The van der Waals surface area contributed by atoms with Gasteiger partial charge in [0.25, 0.3) is 0 Å². The van der Waals surface area contributed by atoms with E-state index in [-0.39, 0.29) is 17.9 Å². The van der Waals surface area contributed by atoms with Crippen molar-refractivity contribution in [1.29, 1.82) is 0 Å². The van der Waals surface area contributed by atoms with E-state index < -0.39 is 0 Å². The van der Waals surface area contributed by atoms with Gasteiger partial charge in [0.15, 0.2) is 0 Å². The Morgan fingerprint density at radius 2 is 2.32 bits per heavy atom. The average Bonchev–Trinajstić information content (AvgIpc) is 3.09. The molecule has 22 heavy (non-hydrogen) atoms. The molecule has 2 aliphatic heterocycles. The minimum atomic E-state index is 0.00561. The molecule has 1 unspecified atom stereocenters. The highest BCUT2D eigenvalue weighted by Gasteiger charge is 2.30. The molecule has 0 saturated carbocycles. The number of aromatic nitrogens is 2. The molecule has 3 rings (SSSR count). The van der Waals surface area contributed by atoms with Crippen LogP contribution < -0.4 is 5.32 Å². The van der Waals surface area contributed by atoms with Crippen molar-refractivity contribution in [3.63, 3.8) is 0 Å². The second-order valence-corrected chi connectivity index (χ2v) is 6.07. The van der Waals surface area contributed by atoms with Crippen LogP contribution in [0.4, 0.5) is 0 Å². The molecule has 1 atom stereocenters. The zero-order chi connectivity index (χ0) is 15.5. The van der Waals surface area contributed by atoms with E-state index in [1.165, 1.54) is 0 Å². The normalized spacial score (nSPS) is 22.9. The van der Waals surface area contributed by atoms with Gasteiger partial charge in [-0.25, -0.2) is 4.98 Å². The molecule has 2 fully saturated rings. The van der Waals surface area contributed by atoms with Gasteiger partial charge in [-0.1, -0.05) is 0 Å². The van der Waals surface area contributed by atoms with Crippen molar-refractivity contribution >= 4 is 11.8 Å². The summed E-state index contributed by atoms with van der Waals surface area (Å²) in [5, 5.41) is 2.78. The number of amides is 2. The number of nitrogens with zero attached hydrogens (tertiary/aromatic N) is 4. The third-order valence-electron chi connectivity index (χ3n) is 4.50. The fourth-order valence-electron chi connectivity index (χ4n) is 3.29. The number of imidazole rings is 1. The lowest BCUT2D eigenvalue weighted by atomic mass is 10.2. The van der Waals surface area contributed by atoms with Crippen LogP contribution in [-0.2, 0) is 16.1 Å². The van der Waals surface area contributed by atoms with Gasteiger partial charge in [0.2, 0.25) is 11.8 Å². The fourth-order valence-corrected chi connectivity index (χ4v) is 3.29. The first-order chi connectivity index (χ1) is 10.6. The number of nitrogens with one attached hydrogen (secondary N) is 1. The number of hydrogen-bond donors (Lipinski definition) is 1. The summed E-state index contributed by atoms with van der Waals surface area (Å²) in [5.74, 6) is 1.12. The standard InChI is InChI=1S/C15H23N5O2/c1-12-16-5-8-19(12)9-13-3-2-6-20(13)15(22)11-18-7-4-17-14(21)10-18/h5,8,13H,2-4,6-7,9-11H2,1H3,(H,17,21). The van der Waals surface area contributed by atoms with Crippen molar-refractivity contribution in [3.8, 4) is 0 Å². The Hall–Kier alpha value is -1.89. The van der Waals surface area contributed by atoms with Gasteiger partial charge in [0.05, 0.1) is 13.1 Å². The maximum atomic E-state index is 12.6. The third kappa shape index (κ3) is 3.30. The molecule has 2 amide bonds. The predicted molar refractivity (Wildman–Crippen MR) is 81.1 cm³/mol. The zero-order valence-corrected chi connectivity index (χ0v) is 13.0. The lowest BCUT2D eigenvalue weighted by molar-refractivity contribution is -0.134. The number of carbonyl (C=O) groups is 2. The van der Waals surface area contributed by atoms with Crippen LogP contribution >= 0.6 is 0 Å². The maximum Gasteiger partial charge on any atom is 0.237 e. The van der Waals surface area contributed by atoms with Gasteiger partial charge in [-0.2, -0.15) is 0 Å². The Kier molecular flexibility index (Phi) is 4.42. The van der Waals surface area contributed by atoms with E-state index in [1.807, 2.05) is 22.9 Å². The number of rotatable bonds is 4. The van der Waals surface area contributed by atoms with Gasteiger partial charge in [-0.3, -0.25) is 14.5 Å². The van der Waals surface area contributed by atoms with Crippen molar-refractivity contribution in [2.24, 2.45) is 0 Å². The monoisotopic (exact) mass is 305 g/mol. The van der Waals surface area contributed by atoms with Crippen molar-refractivity contribution in [1.82, 2.24) is 24.7 Å². The van der Waals surface area contributed by atoms with Gasteiger partial charge in [0.1, 0.15) is 5.82 Å². The van der Waals surface area contributed by atoms with Crippen molar-refractivity contribution in [2.75, 3.05) is 32.7 Å². The molecule has 2 saturated heterocycles. The third-order valence-corrected chi connectivity index (χ3v) is 4.50. The first kappa shape index (κ1) is 15.0. The molecular weight excluding hydrogens is 282 g/mol. The minimum absolute atomic E-state index is 0.00561. The van der Waals surface area contributed by atoms with Crippen LogP contribution in [0.1, 0.15) is 18.7 Å². The highest BCUT2D eigenvalue weighted by Crippen LogP contribution is 2.20. The highest BCUT2D eigenvalue weighted by atomic mass is 16.2. The first-order valence-electron chi connectivity index (χ1n) is 7.90. The number of hydrogen-bond acceptors (Lipinski definition) is 4. The van der Waals surface area contributed by atoms with Gasteiger partial charge in [-0.05, 0) is 19.8 Å². The summed E-state index contributed by atoms with van der Waals surface area (Å²) < 4.78 is 2.10. The molecule has 7 nitrogen and oxygen atoms in total. The quantitative estimate of drug-likeness (QED) is 0.823.